The van der Waals surface area contributed by atoms with Crippen LogP contribution in [0.2, 0.25) is 0 Å². The van der Waals surface area contributed by atoms with Crippen molar-refractivity contribution < 1.29 is 24.2 Å². The number of aryl methyl sites for hydroxylation is 1. The van der Waals surface area contributed by atoms with E-state index in [2.05, 4.69) is 5.32 Å². The molecule has 0 aliphatic rings. The van der Waals surface area contributed by atoms with Crippen molar-refractivity contribution in [2.45, 2.75) is 32.2 Å². The minimum absolute atomic E-state index is 0.154. The molecule has 1 unspecified atom stereocenters. The van der Waals surface area contributed by atoms with Gasteiger partial charge in [-0.2, -0.15) is 0 Å². The molecule has 6 heteroatoms. The molecule has 0 saturated heterocycles. The van der Waals surface area contributed by atoms with Crippen LogP contribution in [0.5, 0.6) is 11.5 Å². The van der Waals surface area contributed by atoms with Gasteiger partial charge in [-0.05, 0) is 48.7 Å². The number of carboxylic acids is 1. The van der Waals surface area contributed by atoms with Crippen LogP contribution in [0, 0.1) is 6.92 Å². The Bertz CT molecular complexity index is 757. The summed E-state index contributed by atoms with van der Waals surface area (Å²) >= 11 is 0. The summed E-state index contributed by atoms with van der Waals surface area (Å²) in [6.45, 7) is 2.30. The first kappa shape index (κ1) is 20.3. The second-order valence-corrected chi connectivity index (χ2v) is 6.20. The Labute approximate surface area is 159 Å². The lowest BCUT2D eigenvalue weighted by atomic mass is 9.98. The number of rotatable bonds is 10. The molecule has 144 valence electrons. The minimum Gasteiger partial charge on any atom is -0.497 e. The molecule has 0 bridgehead atoms. The van der Waals surface area contributed by atoms with Gasteiger partial charge in [0.05, 0.1) is 26.2 Å². The fraction of sp³-hybridized carbons (Fsp3) is 0.333. The van der Waals surface area contributed by atoms with E-state index < -0.39 is 12.0 Å². The SMILES string of the molecule is COc1ccc(OCCCC(=O)NC(CC(=O)O)c2ccccc2C)cc1. The highest BCUT2D eigenvalue weighted by Crippen LogP contribution is 2.21. The van der Waals surface area contributed by atoms with Gasteiger partial charge in [0.25, 0.3) is 0 Å². The van der Waals surface area contributed by atoms with Crippen LogP contribution in [0.3, 0.4) is 0 Å². The molecule has 0 spiro atoms. The van der Waals surface area contributed by atoms with Crippen LogP contribution in [-0.4, -0.2) is 30.7 Å². The maximum absolute atomic E-state index is 12.2. The monoisotopic (exact) mass is 371 g/mol. The van der Waals surface area contributed by atoms with Crippen molar-refractivity contribution in [3.05, 3.63) is 59.7 Å². The van der Waals surface area contributed by atoms with Gasteiger partial charge in [0.1, 0.15) is 11.5 Å². The third-order valence-electron chi connectivity index (χ3n) is 4.15. The molecule has 2 rings (SSSR count). The number of ether oxygens (including phenoxy) is 2. The number of hydrogen-bond acceptors (Lipinski definition) is 4. The van der Waals surface area contributed by atoms with Crippen molar-refractivity contribution in [3.63, 3.8) is 0 Å². The first-order valence-electron chi connectivity index (χ1n) is 8.83. The van der Waals surface area contributed by atoms with Crippen LogP contribution in [0.1, 0.15) is 36.4 Å². The van der Waals surface area contributed by atoms with E-state index >= 15 is 0 Å². The molecule has 0 radical (unpaired) electrons. The average Bonchev–Trinajstić information content (AvgIpc) is 2.65. The topological polar surface area (TPSA) is 84.9 Å². The molecule has 0 aromatic heterocycles. The summed E-state index contributed by atoms with van der Waals surface area (Å²) < 4.78 is 10.7. The van der Waals surface area contributed by atoms with E-state index in [-0.39, 0.29) is 18.7 Å². The molecular formula is C21H25NO5. The van der Waals surface area contributed by atoms with Crippen LogP contribution in [-0.2, 0) is 9.59 Å². The Morgan fingerprint density at radius 2 is 1.74 bits per heavy atom. The molecule has 2 N–H and O–H groups in total. The predicted molar refractivity (Wildman–Crippen MR) is 102 cm³/mol. The van der Waals surface area contributed by atoms with Gasteiger partial charge in [-0.25, -0.2) is 0 Å². The van der Waals surface area contributed by atoms with Crippen LogP contribution in [0.4, 0.5) is 0 Å². The number of methoxy groups -OCH3 is 1. The number of nitrogens with one attached hydrogen (secondary N) is 1. The van der Waals surface area contributed by atoms with Crippen LogP contribution < -0.4 is 14.8 Å². The third-order valence-corrected chi connectivity index (χ3v) is 4.15. The van der Waals surface area contributed by atoms with Gasteiger partial charge in [-0.15, -0.1) is 0 Å². The highest BCUT2D eigenvalue weighted by molar-refractivity contribution is 5.77. The Morgan fingerprint density at radius 3 is 2.37 bits per heavy atom. The summed E-state index contributed by atoms with van der Waals surface area (Å²) in [5.74, 6) is 0.316. The van der Waals surface area contributed by atoms with E-state index in [0.29, 0.717) is 18.8 Å². The molecule has 6 nitrogen and oxygen atoms in total. The second-order valence-electron chi connectivity index (χ2n) is 6.20. The van der Waals surface area contributed by atoms with Gasteiger partial charge in [0.2, 0.25) is 5.91 Å². The molecule has 0 saturated carbocycles. The smallest absolute Gasteiger partial charge is 0.305 e. The Morgan fingerprint density at radius 1 is 1.07 bits per heavy atom. The van der Waals surface area contributed by atoms with Crippen molar-refractivity contribution >= 4 is 11.9 Å². The first-order chi connectivity index (χ1) is 13.0. The average molecular weight is 371 g/mol. The van der Waals surface area contributed by atoms with Gasteiger partial charge in [-0.1, -0.05) is 24.3 Å². The molecule has 2 aromatic carbocycles. The lowest BCUT2D eigenvalue weighted by Gasteiger charge is -2.19. The zero-order chi connectivity index (χ0) is 19.6. The fourth-order valence-electron chi connectivity index (χ4n) is 2.75. The zero-order valence-corrected chi connectivity index (χ0v) is 15.6. The van der Waals surface area contributed by atoms with E-state index in [4.69, 9.17) is 14.6 Å². The largest absolute Gasteiger partial charge is 0.497 e. The zero-order valence-electron chi connectivity index (χ0n) is 15.6. The molecule has 0 fully saturated rings. The number of carboxylic acid groups (broad SMARTS) is 1. The summed E-state index contributed by atoms with van der Waals surface area (Å²) in [5, 5.41) is 12.0. The second kappa shape index (κ2) is 10.2. The van der Waals surface area contributed by atoms with Gasteiger partial charge >= 0.3 is 5.97 Å². The van der Waals surface area contributed by atoms with E-state index in [1.54, 1.807) is 31.4 Å². The lowest BCUT2D eigenvalue weighted by Crippen LogP contribution is -2.30. The van der Waals surface area contributed by atoms with Crippen molar-refractivity contribution in [2.24, 2.45) is 0 Å². The van der Waals surface area contributed by atoms with E-state index in [1.165, 1.54) is 0 Å². The normalized spacial score (nSPS) is 11.5. The standard InChI is InChI=1S/C21H25NO5/c1-15-6-3-4-7-18(15)19(14-21(24)25)22-20(23)8-5-13-27-17-11-9-16(26-2)10-12-17/h3-4,6-7,9-12,19H,5,8,13-14H2,1-2H3,(H,22,23)(H,24,25). The molecule has 1 atom stereocenters. The molecule has 27 heavy (non-hydrogen) atoms. The summed E-state index contributed by atoms with van der Waals surface area (Å²) in [5.41, 5.74) is 1.77. The summed E-state index contributed by atoms with van der Waals surface area (Å²) in [4.78, 5) is 23.4. The fourth-order valence-corrected chi connectivity index (χ4v) is 2.75. The summed E-state index contributed by atoms with van der Waals surface area (Å²) in [7, 11) is 1.60. The number of aliphatic carboxylic acids is 1. The van der Waals surface area contributed by atoms with E-state index in [1.807, 2.05) is 31.2 Å². The Kier molecular flexibility index (Phi) is 7.67. The van der Waals surface area contributed by atoms with E-state index in [0.717, 1.165) is 16.9 Å². The Hall–Kier alpha value is -3.02. The maximum atomic E-state index is 12.2. The summed E-state index contributed by atoms with van der Waals surface area (Å²) in [6, 6.07) is 14.1. The van der Waals surface area contributed by atoms with E-state index in [9.17, 15) is 9.59 Å². The molecule has 1 amide bonds. The summed E-state index contributed by atoms with van der Waals surface area (Å²) in [6.07, 6.45) is 0.641. The van der Waals surface area contributed by atoms with Crippen LogP contribution in [0.25, 0.3) is 0 Å². The highest BCUT2D eigenvalue weighted by Gasteiger charge is 2.19. The van der Waals surface area contributed by atoms with Gasteiger partial charge in [0.15, 0.2) is 0 Å². The van der Waals surface area contributed by atoms with Gasteiger partial charge in [-0.3, -0.25) is 9.59 Å². The predicted octanol–water partition coefficient (Wildman–Crippen LogP) is 3.49. The van der Waals surface area contributed by atoms with Crippen molar-refractivity contribution in [2.75, 3.05) is 13.7 Å². The first-order valence-corrected chi connectivity index (χ1v) is 8.83. The lowest BCUT2D eigenvalue weighted by molar-refractivity contribution is -0.137. The van der Waals surface area contributed by atoms with Crippen LogP contribution in [0.15, 0.2) is 48.5 Å². The van der Waals surface area contributed by atoms with Crippen LogP contribution >= 0.6 is 0 Å². The number of hydrogen-bond donors (Lipinski definition) is 2. The molecule has 0 heterocycles. The quantitative estimate of drug-likeness (QED) is 0.625. The van der Waals surface area contributed by atoms with Gasteiger partial charge < -0.3 is 19.9 Å². The third kappa shape index (κ3) is 6.66. The van der Waals surface area contributed by atoms with Gasteiger partial charge in [0, 0.05) is 6.42 Å². The Balaban J connectivity index is 1.82. The number of amides is 1. The highest BCUT2D eigenvalue weighted by atomic mass is 16.5. The number of benzene rings is 2. The minimum atomic E-state index is -0.952. The molecular weight excluding hydrogens is 346 g/mol. The van der Waals surface area contributed by atoms with Crippen molar-refractivity contribution in [1.82, 2.24) is 5.32 Å². The molecule has 2 aromatic rings. The number of carbonyl (C=O) groups excluding carboxylic acids is 1. The molecule has 0 aliphatic carbocycles. The van der Waals surface area contributed by atoms with Crippen molar-refractivity contribution in [3.8, 4) is 11.5 Å². The molecule has 0 aliphatic heterocycles. The number of carbonyl (C=O) groups is 2. The van der Waals surface area contributed by atoms with Crippen molar-refractivity contribution in [1.29, 1.82) is 0 Å². The maximum Gasteiger partial charge on any atom is 0.305 e.